The molecule has 0 fully saturated rings. The van der Waals surface area contributed by atoms with Crippen molar-refractivity contribution < 1.29 is 28.6 Å². The Balaban J connectivity index is 4.57. The van der Waals surface area contributed by atoms with Crippen LogP contribution in [0, 0.1) is 0 Å². The quantitative estimate of drug-likeness (QED) is 0.0199. The van der Waals surface area contributed by atoms with Crippen molar-refractivity contribution in [3.63, 3.8) is 0 Å². The standard InChI is InChI=1S/C65H106O6/c1-4-7-10-13-16-19-22-25-28-31-33-35-37-40-43-46-49-52-55-58-64(67)70-61-62(60-69-63(66)57-54-51-48-45-42-39-36-30-27-24-21-18-15-12-9-6-3)71-65(68)59-56-53-50-47-44-41-38-34-32-29-26-23-20-17-14-11-8-5-2/h7,10,16,19,23,25-26,28-30,32-36,38,40,43,49,52,62H,4-6,8-9,11-15,17-18,20-22,24,27,31,37,39,41-42,44-48,50-51,53-61H2,1-3H3/b10-7-,19-16-,26-23-,28-25-,32-29-,35-33-,36-30-,38-34-,43-40-,52-49-. The minimum atomic E-state index is -0.827. The molecule has 6 nitrogen and oxygen atoms in total. The van der Waals surface area contributed by atoms with Gasteiger partial charge in [-0.15, -0.1) is 0 Å². The molecule has 1 atom stereocenters. The first-order valence-electron chi connectivity index (χ1n) is 29.1. The zero-order chi connectivity index (χ0) is 51.4. The molecule has 0 heterocycles. The van der Waals surface area contributed by atoms with Gasteiger partial charge in [0, 0.05) is 19.3 Å². The fraction of sp³-hybridized carbons (Fsp3) is 0.646. The van der Waals surface area contributed by atoms with E-state index in [4.69, 9.17) is 14.2 Å². The third-order valence-corrected chi connectivity index (χ3v) is 12.0. The molecule has 0 radical (unpaired) electrons. The summed E-state index contributed by atoms with van der Waals surface area (Å²) in [6, 6.07) is 0. The van der Waals surface area contributed by atoms with Crippen LogP contribution >= 0.6 is 0 Å². The lowest BCUT2D eigenvalue weighted by atomic mass is 10.1. The van der Waals surface area contributed by atoms with Crippen LogP contribution in [0.4, 0.5) is 0 Å². The van der Waals surface area contributed by atoms with E-state index in [1.165, 1.54) is 89.9 Å². The van der Waals surface area contributed by atoms with Crippen molar-refractivity contribution in [3.8, 4) is 0 Å². The van der Waals surface area contributed by atoms with Gasteiger partial charge in [0.25, 0.3) is 0 Å². The smallest absolute Gasteiger partial charge is 0.306 e. The maximum absolute atomic E-state index is 12.9. The Morgan fingerprint density at radius 3 is 1.06 bits per heavy atom. The third kappa shape index (κ3) is 56.6. The van der Waals surface area contributed by atoms with Crippen LogP contribution in [0.3, 0.4) is 0 Å². The Kier molecular flexibility index (Phi) is 54.9. The highest BCUT2D eigenvalue weighted by molar-refractivity contribution is 5.71. The van der Waals surface area contributed by atoms with E-state index in [2.05, 4.69) is 136 Å². The van der Waals surface area contributed by atoms with Crippen LogP contribution in [-0.2, 0) is 28.6 Å². The lowest BCUT2D eigenvalue weighted by Gasteiger charge is -2.18. The molecule has 0 aromatic carbocycles. The molecular weight excluding hydrogens is 877 g/mol. The van der Waals surface area contributed by atoms with Crippen molar-refractivity contribution in [2.45, 2.75) is 258 Å². The monoisotopic (exact) mass is 983 g/mol. The molecular formula is C65H106O6. The van der Waals surface area contributed by atoms with Crippen LogP contribution in [0.1, 0.15) is 252 Å². The number of ether oxygens (including phenoxy) is 3. The maximum atomic E-state index is 12.9. The molecule has 0 amide bonds. The second-order valence-electron chi connectivity index (χ2n) is 18.9. The van der Waals surface area contributed by atoms with Gasteiger partial charge in [0.2, 0.25) is 0 Å². The summed E-state index contributed by atoms with van der Waals surface area (Å²) >= 11 is 0. The van der Waals surface area contributed by atoms with E-state index in [9.17, 15) is 14.4 Å². The van der Waals surface area contributed by atoms with Crippen LogP contribution in [0.5, 0.6) is 0 Å². The molecule has 71 heavy (non-hydrogen) atoms. The summed E-state index contributed by atoms with van der Waals surface area (Å²) in [6.45, 7) is 6.42. The number of hydrogen-bond donors (Lipinski definition) is 0. The predicted octanol–water partition coefficient (Wildman–Crippen LogP) is 19.6. The third-order valence-electron chi connectivity index (χ3n) is 12.0. The summed E-state index contributed by atoms with van der Waals surface area (Å²) in [5.74, 6) is -1.03. The summed E-state index contributed by atoms with van der Waals surface area (Å²) in [5.41, 5.74) is 0. The summed E-state index contributed by atoms with van der Waals surface area (Å²) < 4.78 is 16.8. The minimum absolute atomic E-state index is 0.117. The normalized spacial score (nSPS) is 13.0. The van der Waals surface area contributed by atoms with Crippen LogP contribution in [0.2, 0.25) is 0 Å². The topological polar surface area (TPSA) is 78.9 Å². The van der Waals surface area contributed by atoms with E-state index in [0.717, 1.165) is 116 Å². The Hall–Kier alpha value is -4.19. The zero-order valence-corrected chi connectivity index (χ0v) is 45.9. The van der Waals surface area contributed by atoms with Crippen LogP contribution in [0.25, 0.3) is 0 Å². The largest absolute Gasteiger partial charge is 0.462 e. The Bertz CT molecular complexity index is 1500. The molecule has 0 saturated heterocycles. The first-order valence-corrected chi connectivity index (χ1v) is 29.1. The lowest BCUT2D eigenvalue weighted by molar-refractivity contribution is -0.166. The first-order chi connectivity index (χ1) is 35.0. The van der Waals surface area contributed by atoms with Crippen molar-refractivity contribution in [1.29, 1.82) is 0 Å². The van der Waals surface area contributed by atoms with Crippen LogP contribution in [-0.4, -0.2) is 37.2 Å². The summed E-state index contributed by atoms with van der Waals surface area (Å²) in [6.07, 6.45) is 80.5. The number of allylic oxidation sites excluding steroid dienone is 20. The lowest BCUT2D eigenvalue weighted by Crippen LogP contribution is -2.30. The average Bonchev–Trinajstić information content (AvgIpc) is 3.37. The van der Waals surface area contributed by atoms with Gasteiger partial charge in [-0.1, -0.05) is 245 Å². The van der Waals surface area contributed by atoms with Crippen molar-refractivity contribution in [2.24, 2.45) is 0 Å². The van der Waals surface area contributed by atoms with E-state index in [0.29, 0.717) is 12.8 Å². The van der Waals surface area contributed by atoms with Crippen molar-refractivity contribution in [2.75, 3.05) is 13.2 Å². The molecule has 0 aromatic rings. The molecule has 0 aromatic heterocycles. The summed E-state index contributed by atoms with van der Waals surface area (Å²) in [5, 5.41) is 0. The molecule has 6 heteroatoms. The molecule has 0 spiro atoms. The second-order valence-corrected chi connectivity index (χ2v) is 18.9. The van der Waals surface area contributed by atoms with Gasteiger partial charge in [0.1, 0.15) is 13.2 Å². The number of rotatable bonds is 51. The van der Waals surface area contributed by atoms with Gasteiger partial charge in [0.05, 0.1) is 0 Å². The molecule has 0 rings (SSSR count). The molecule has 0 saturated carbocycles. The zero-order valence-electron chi connectivity index (χ0n) is 45.9. The Morgan fingerprint density at radius 1 is 0.310 bits per heavy atom. The van der Waals surface area contributed by atoms with Crippen molar-refractivity contribution in [3.05, 3.63) is 122 Å². The van der Waals surface area contributed by atoms with Gasteiger partial charge < -0.3 is 14.2 Å². The highest BCUT2D eigenvalue weighted by atomic mass is 16.6. The molecule has 1 unspecified atom stereocenters. The van der Waals surface area contributed by atoms with Gasteiger partial charge in [-0.3, -0.25) is 14.4 Å². The molecule has 402 valence electrons. The predicted molar refractivity (Wildman–Crippen MR) is 306 cm³/mol. The molecule has 0 N–H and O–H groups in total. The van der Waals surface area contributed by atoms with Crippen molar-refractivity contribution in [1.82, 2.24) is 0 Å². The highest BCUT2D eigenvalue weighted by Crippen LogP contribution is 2.13. The highest BCUT2D eigenvalue weighted by Gasteiger charge is 2.19. The SMILES string of the molecule is CC/C=C\C/C=C\C/C=C\C/C=C\C/C=C\C/C=C\CCC(=O)OCC(COC(=O)CCCCCCC/C=C\CCCCCCCCC)OC(=O)CCCCCCC\C=C/C=C\C=C/CCCCCCC. The fourth-order valence-corrected chi connectivity index (χ4v) is 7.64. The average molecular weight is 984 g/mol. The number of carbonyl (C=O) groups is 3. The van der Waals surface area contributed by atoms with Crippen LogP contribution < -0.4 is 0 Å². The Labute approximate surface area is 437 Å². The maximum Gasteiger partial charge on any atom is 0.306 e. The van der Waals surface area contributed by atoms with Gasteiger partial charge in [-0.05, 0) is 109 Å². The van der Waals surface area contributed by atoms with Gasteiger partial charge in [-0.2, -0.15) is 0 Å². The van der Waals surface area contributed by atoms with Gasteiger partial charge >= 0.3 is 17.9 Å². The summed E-state index contributed by atoms with van der Waals surface area (Å²) in [7, 11) is 0. The molecule has 0 aliphatic carbocycles. The second kappa shape index (κ2) is 58.4. The summed E-state index contributed by atoms with van der Waals surface area (Å²) in [4.78, 5) is 38.2. The van der Waals surface area contributed by atoms with E-state index >= 15 is 0 Å². The van der Waals surface area contributed by atoms with E-state index < -0.39 is 6.10 Å². The fourth-order valence-electron chi connectivity index (χ4n) is 7.64. The van der Waals surface area contributed by atoms with E-state index in [1.54, 1.807) is 0 Å². The van der Waals surface area contributed by atoms with E-state index in [-0.39, 0.29) is 44.0 Å². The molecule has 0 aliphatic rings. The number of esters is 3. The number of carbonyl (C=O) groups excluding carboxylic acids is 3. The van der Waals surface area contributed by atoms with Crippen LogP contribution in [0.15, 0.2) is 122 Å². The Morgan fingerprint density at radius 2 is 0.634 bits per heavy atom. The minimum Gasteiger partial charge on any atom is -0.462 e. The van der Waals surface area contributed by atoms with E-state index in [1.807, 2.05) is 6.08 Å². The number of hydrogen-bond acceptors (Lipinski definition) is 6. The first kappa shape index (κ1) is 66.8. The van der Waals surface area contributed by atoms with Gasteiger partial charge in [-0.25, -0.2) is 0 Å². The molecule has 0 aliphatic heterocycles. The van der Waals surface area contributed by atoms with Gasteiger partial charge in [0.15, 0.2) is 6.10 Å². The molecule has 0 bridgehead atoms. The van der Waals surface area contributed by atoms with Crippen molar-refractivity contribution >= 4 is 17.9 Å². The number of unbranched alkanes of at least 4 members (excludes halogenated alkanes) is 22.